The average Bonchev–Trinajstić information content (AvgIpc) is 3.06. The first kappa shape index (κ1) is 26.9. The molecule has 0 amide bonds. The second-order valence-electron chi connectivity index (χ2n) is 9.69. The van der Waals surface area contributed by atoms with E-state index < -0.39 is 6.10 Å². The summed E-state index contributed by atoms with van der Waals surface area (Å²) in [7, 11) is 1.41. The van der Waals surface area contributed by atoms with Crippen LogP contribution in [0.4, 0.5) is 0 Å². The van der Waals surface area contributed by atoms with E-state index >= 15 is 0 Å². The minimum absolute atomic E-state index is 0.000559. The first-order valence-electron chi connectivity index (χ1n) is 12.0. The molecule has 0 spiro atoms. The van der Waals surface area contributed by atoms with E-state index in [1.54, 1.807) is 0 Å². The summed E-state index contributed by atoms with van der Waals surface area (Å²) in [5.74, 6) is -0.0142. The second kappa shape index (κ2) is 12.8. The monoisotopic (exact) mass is 464 g/mol. The second-order valence-corrected chi connectivity index (χ2v) is 10.2. The maximum Gasteiger partial charge on any atom is 0.305 e. The normalized spacial score (nSPS) is 24.7. The average molecular weight is 465 g/mol. The van der Waals surface area contributed by atoms with Crippen molar-refractivity contribution in [2.45, 2.75) is 101 Å². The molecule has 2 rings (SSSR count). The topological polar surface area (TPSA) is 66.8 Å². The van der Waals surface area contributed by atoms with Crippen molar-refractivity contribution in [3.8, 4) is 0 Å². The third-order valence-corrected chi connectivity index (χ3v) is 7.57. The van der Waals surface area contributed by atoms with Crippen molar-refractivity contribution in [2.75, 3.05) is 7.11 Å². The number of aliphatic hydroxyl groups excluding tert-OH is 2. The summed E-state index contributed by atoms with van der Waals surface area (Å²) in [6.45, 7) is 6.32. The first-order valence-corrected chi connectivity index (χ1v) is 12.5. The molecule has 0 bridgehead atoms. The number of rotatable bonds is 12. The molecule has 1 aromatic carbocycles. The summed E-state index contributed by atoms with van der Waals surface area (Å²) in [5, 5.41) is 21.3. The standard InChI is InChI=1S/C27H41ClO4/c1-5-6-12-24(30)27(2,3)20-16-14-19(15-17-20)26-21(22(28)18-23(26)29)11-9-7-8-10-13-25(31)32-4/h7,9,14-17,21-24,26,29-30H,5-6,8,10-13,18H2,1-4H3/t21-,22+,23+,24?,26+/m0/s1. The molecule has 2 N–H and O–H groups in total. The van der Waals surface area contributed by atoms with Gasteiger partial charge in [0.2, 0.25) is 0 Å². The van der Waals surface area contributed by atoms with Crippen LogP contribution in [0.15, 0.2) is 36.4 Å². The van der Waals surface area contributed by atoms with Gasteiger partial charge in [-0.2, -0.15) is 0 Å². The van der Waals surface area contributed by atoms with E-state index in [-0.39, 0.29) is 34.7 Å². The van der Waals surface area contributed by atoms with Crippen molar-refractivity contribution in [3.63, 3.8) is 0 Å². The van der Waals surface area contributed by atoms with Gasteiger partial charge in [-0.25, -0.2) is 0 Å². The number of esters is 1. The minimum Gasteiger partial charge on any atom is -0.469 e. The Morgan fingerprint density at radius 2 is 1.94 bits per heavy atom. The highest BCUT2D eigenvalue weighted by atomic mass is 35.5. The van der Waals surface area contributed by atoms with Gasteiger partial charge in [0, 0.05) is 23.1 Å². The van der Waals surface area contributed by atoms with Gasteiger partial charge in [0.1, 0.15) is 0 Å². The lowest BCUT2D eigenvalue weighted by Gasteiger charge is -2.32. The van der Waals surface area contributed by atoms with Crippen LogP contribution in [0.1, 0.15) is 89.2 Å². The summed E-state index contributed by atoms with van der Waals surface area (Å²) in [6, 6.07) is 8.38. The molecule has 1 aliphatic carbocycles. The third kappa shape index (κ3) is 7.07. The number of alkyl halides is 1. The fourth-order valence-corrected chi connectivity index (χ4v) is 5.19. The SMILES string of the molecule is CCCCC(O)C(C)(C)c1ccc([C@@H]2[C@@H](CC=CCCCC(=O)OC)[C@H](Cl)C[C@H]2O)cc1. The Bertz CT molecular complexity index is 728. The number of hydrogen-bond donors (Lipinski definition) is 2. The minimum atomic E-state index is -0.454. The zero-order valence-corrected chi connectivity index (χ0v) is 20.9. The summed E-state index contributed by atoms with van der Waals surface area (Å²) < 4.78 is 4.66. The summed E-state index contributed by atoms with van der Waals surface area (Å²) >= 11 is 6.62. The molecule has 0 aromatic heterocycles. The van der Waals surface area contributed by atoms with Crippen LogP contribution in [0.25, 0.3) is 0 Å². The fraction of sp³-hybridized carbons (Fsp3) is 0.667. The number of benzene rings is 1. The van der Waals surface area contributed by atoms with E-state index in [0.717, 1.165) is 49.7 Å². The number of allylic oxidation sites excluding steroid dienone is 2. The summed E-state index contributed by atoms with van der Waals surface area (Å²) in [5.41, 5.74) is 1.90. The van der Waals surface area contributed by atoms with Gasteiger partial charge in [-0.3, -0.25) is 4.79 Å². The largest absolute Gasteiger partial charge is 0.469 e. The van der Waals surface area contributed by atoms with Crippen molar-refractivity contribution in [1.82, 2.24) is 0 Å². The number of methoxy groups -OCH3 is 1. The Balaban J connectivity index is 2.03. The van der Waals surface area contributed by atoms with Crippen LogP contribution in [-0.4, -0.2) is 40.9 Å². The van der Waals surface area contributed by atoms with Crippen LogP contribution in [-0.2, 0) is 14.9 Å². The number of unbranched alkanes of at least 4 members (excludes halogenated alkanes) is 2. The highest BCUT2D eigenvalue weighted by molar-refractivity contribution is 6.21. The van der Waals surface area contributed by atoms with Crippen molar-refractivity contribution in [2.24, 2.45) is 5.92 Å². The van der Waals surface area contributed by atoms with Crippen LogP contribution >= 0.6 is 11.6 Å². The molecule has 1 saturated carbocycles. The van der Waals surface area contributed by atoms with E-state index in [0.29, 0.717) is 12.8 Å². The number of ether oxygens (including phenoxy) is 1. The molecular formula is C27H41ClO4. The molecule has 1 unspecified atom stereocenters. The van der Waals surface area contributed by atoms with Gasteiger partial charge in [0.25, 0.3) is 0 Å². The molecule has 0 radical (unpaired) electrons. The molecule has 4 nitrogen and oxygen atoms in total. The molecule has 5 heteroatoms. The summed E-state index contributed by atoms with van der Waals surface area (Å²) in [6.07, 6.45) is 9.71. The lowest BCUT2D eigenvalue weighted by atomic mass is 9.76. The van der Waals surface area contributed by atoms with Crippen molar-refractivity contribution in [3.05, 3.63) is 47.5 Å². The van der Waals surface area contributed by atoms with Crippen LogP contribution in [0.2, 0.25) is 0 Å². The molecule has 0 aliphatic heterocycles. The highest BCUT2D eigenvalue weighted by Crippen LogP contribution is 2.45. The molecule has 1 aliphatic rings. The Hall–Kier alpha value is -1.36. The lowest BCUT2D eigenvalue weighted by Crippen LogP contribution is -2.33. The predicted octanol–water partition coefficient (Wildman–Crippen LogP) is 5.88. The van der Waals surface area contributed by atoms with E-state index in [2.05, 4.69) is 61.9 Å². The third-order valence-electron chi connectivity index (χ3n) is 7.07. The van der Waals surface area contributed by atoms with E-state index in [1.165, 1.54) is 7.11 Å². The summed E-state index contributed by atoms with van der Waals surface area (Å²) in [4.78, 5) is 11.2. The smallest absolute Gasteiger partial charge is 0.305 e. The molecule has 1 aromatic rings. The quantitative estimate of drug-likeness (QED) is 0.175. The van der Waals surface area contributed by atoms with Crippen molar-refractivity contribution in [1.29, 1.82) is 0 Å². The van der Waals surface area contributed by atoms with E-state index in [4.69, 9.17) is 11.6 Å². The number of aliphatic hydroxyl groups is 2. The Kier molecular flexibility index (Phi) is 10.7. The van der Waals surface area contributed by atoms with Crippen LogP contribution in [0.3, 0.4) is 0 Å². The maximum absolute atomic E-state index is 11.2. The van der Waals surface area contributed by atoms with Crippen LogP contribution in [0.5, 0.6) is 0 Å². The number of hydrogen-bond acceptors (Lipinski definition) is 4. The Morgan fingerprint density at radius 3 is 2.56 bits per heavy atom. The lowest BCUT2D eigenvalue weighted by molar-refractivity contribution is -0.140. The van der Waals surface area contributed by atoms with E-state index in [1.807, 2.05) is 0 Å². The Labute approximate surface area is 199 Å². The van der Waals surface area contributed by atoms with Gasteiger partial charge < -0.3 is 14.9 Å². The molecule has 0 saturated heterocycles. The molecule has 32 heavy (non-hydrogen) atoms. The predicted molar refractivity (Wildman–Crippen MR) is 131 cm³/mol. The van der Waals surface area contributed by atoms with Crippen LogP contribution in [0, 0.1) is 5.92 Å². The maximum atomic E-state index is 11.2. The van der Waals surface area contributed by atoms with Gasteiger partial charge in [0.15, 0.2) is 0 Å². The molecule has 5 atom stereocenters. The molecule has 0 heterocycles. The fourth-order valence-electron chi connectivity index (χ4n) is 4.75. The first-order chi connectivity index (χ1) is 15.2. The van der Waals surface area contributed by atoms with Gasteiger partial charge in [-0.15, -0.1) is 11.6 Å². The van der Waals surface area contributed by atoms with Gasteiger partial charge >= 0.3 is 5.97 Å². The van der Waals surface area contributed by atoms with Gasteiger partial charge in [0.05, 0.1) is 19.3 Å². The Morgan fingerprint density at radius 1 is 1.25 bits per heavy atom. The van der Waals surface area contributed by atoms with Gasteiger partial charge in [-0.05, 0) is 49.1 Å². The highest BCUT2D eigenvalue weighted by Gasteiger charge is 2.41. The van der Waals surface area contributed by atoms with Crippen molar-refractivity contribution < 1.29 is 19.7 Å². The number of carbonyl (C=O) groups is 1. The zero-order chi connectivity index (χ0) is 23.7. The van der Waals surface area contributed by atoms with Crippen molar-refractivity contribution >= 4 is 17.6 Å². The van der Waals surface area contributed by atoms with Crippen LogP contribution < -0.4 is 0 Å². The zero-order valence-electron chi connectivity index (χ0n) is 20.1. The molecule has 1 fully saturated rings. The number of carbonyl (C=O) groups excluding carboxylic acids is 1. The number of halogens is 1. The molecular weight excluding hydrogens is 424 g/mol. The van der Waals surface area contributed by atoms with E-state index in [9.17, 15) is 15.0 Å². The molecule has 180 valence electrons. The van der Waals surface area contributed by atoms with Gasteiger partial charge in [-0.1, -0.05) is 70.0 Å².